The van der Waals surface area contributed by atoms with Gasteiger partial charge < -0.3 is 9.64 Å². The number of piperidine rings is 1. The number of ether oxygens (including phenoxy) is 1. The van der Waals surface area contributed by atoms with E-state index in [2.05, 4.69) is 0 Å². The first kappa shape index (κ1) is 25.7. The molecule has 0 spiro atoms. The predicted molar refractivity (Wildman–Crippen MR) is 124 cm³/mol. The van der Waals surface area contributed by atoms with Crippen LogP contribution in [0.3, 0.4) is 0 Å². The van der Waals surface area contributed by atoms with Crippen molar-refractivity contribution in [1.29, 1.82) is 0 Å². The van der Waals surface area contributed by atoms with Gasteiger partial charge in [-0.05, 0) is 56.2 Å². The summed E-state index contributed by atoms with van der Waals surface area (Å²) in [5, 5.41) is 22.7. The third-order valence-electron chi connectivity index (χ3n) is 6.38. The van der Waals surface area contributed by atoms with Gasteiger partial charge in [-0.15, -0.1) is 0 Å². The quantitative estimate of drug-likeness (QED) is 0.303. The zero-order chi connectivity index (χ0) is 25.7. The van der Waals surface area contributed by atoms with E-state index >= 15 is 0 Å². The van der Waals surface area contributed by atoms with Gasteiger partial charge in [-0.2, -0.15) is 0 Å². The third-order valence-corrected chi connectivity index (χ3v) is 6.38. The Bertz CT molecular complexity index is 1090. The number of hydrogen-bond acceptors (Lipinski definition) is 7. The number of hydrogen-bond donors (Lipinski definition) is 0. The fourth-order valence-electron chi connectivity index (χ4n) is 4.54. The van der Waals surface area contributed by atoms with Crippen molar-refractivity contribution in [3.63, 3.8) is 0 Å². The maximum absolute atomic E-state index is 13.4. The zero-order valence-electron chi connectivity index (χ0n) is 19.4. The fraction of sp³-hybridized carbons (Fsp3) is 0.417. The maximum Gasteiger partial charge on any atom is 0.306 e. The number of rotatable bonds is 8. The van der Waals surface area contributed by atoms with Gasteiger partial charge in [-0.3, -0.25) is 29.8 Å². The highest BCUT2D eigenvalue weighted by molar-refractivity contribution is 5.96. The molecule has 0 aromatic heterocycles. The van der Waals surface area contributed by atoms with E-state index in [0.717, 1.165) is 17.7 Å². The summed E-state index contributed by atoms with van der Waals surface area (Å²) in [4.78, 5) is 48.0. The van der Waals surface area contributed by atoms with Gasteiger partial charge >= 0.3 is 5.97 Å². The van der Waals surface area contributed by atoms with Crippen LogP contribution in [-0.2, 0) is 9.53 Å². The molecular formula is C24H26FN3O7. The number of amides is 1. The fourth-order valence-corrected chi connectivity index (χ4v) is 4.54. The van der Waals surface area contributed by atoms with Crippen LogP contribution >= 0.6 is 0 Å². The molecule has 1 amide bonds. The van der Waals surface area contributed by atoms with Crippen molar-refractivity contribution >= 4 is 23.3 Å². The van der Waals surface area contributed by atoms with E-state index < -0.39 is 27.1 Å². The Hall–Kier alpha value is -3.89. The molecule has 1 atom stereocenters. The van der Waals surface area contributed by atoms with Gasteiger partial charge in [0.25, 0.3) is 17.3 Å². The lowest BCUT2D eigenvalue weighted by Crippen LogP contribution is -2.40. The Labute approximate surface area is 201 Å². The van der Waals surface area contributed by atoms with Gasteiger partial charge in [0.2, 0.25) is 0 Å². The van der Waals surface area contributed by atoms with Gasteiger partial charge in [-0.1, -0.05) is 12.1 Å². The van der Waals surface area contributed by atoms with E-state index in [1.807, 2.05) is 0 Å². The van der Waals surface area contributed by atoms with Crippen LogP contribution in [0, 0.1) is 38.9 Å². The van der Waals surface area contributed by atoms with E-state index in [-0.39, 0.29) is 47.8 Å². The third kappa shape index (κ3) is 5.97. The van der Waals surface area contributed by atoms with Crippen molar-refractivity contribution in [2.75, 3.05) is 19.7 Å². The summed E-state index contributed by atoms with van der Waals surface area (Å²) < 4.78 is 18.5. The Morgan fingerprint density at radius 1 is 1.09 bits per heavy atom. The molecule has 0 aliphatic carbocycles. The first-order chi connectivity index (χ1) is 16.6. The number of halogens is 1. The molecular weight excluding hydrogens is 461 g/mol. The molecule has 2 aromatic carbocycles. The zero-order valence-corrected chi connectivity index (χ0v) is 19.4. The smallest absolute Gasteiger partial charge is 0.306 e. The molecule has 1 heterocycles. The van der Waals surface area contributed by atoms with Gasteiger partial charge in [0.1, 0.15) is 11.4 Å². The number of nitrogens with zero attached hydrogens (tertiary/aromatic N) is 3. The summed E-state index contributed by atoms with van der Waals surface area (Å²) in [6.07, 6.45) is 1.18. The number of benzene rings is 2. The first-order valence-corrected chi connectivity index (χ1v) is 11.3. The molecule has 10 nitrogen and oxygen atoms in total. The summed E-state index contributed by atoms with van der Waals surface area (Å²) in [6.45, 7) is 3.85. The maximum atomic E-state index is 13.4. The number of likely N-dealkylation sites (tertiary alicyclic amines) is 1. The SMILES string of the molecule is CCOC(=O)CC(c1ccc(F)cc1)C1CCN(C(=O)c2cc([N+](=O)[O-])c(C)c([N+](=O)[O-])c2)CC1. The molecule has 1 fully saturated rings. The molecule has 0 radical (unpaired) electrons. The van der Waals surface area contributed by atoms with E-state index in [1.54, 1.807) is 19.1 Å². The lowest BCUT2D eigenvalue weighted by molar-refractivity contribution is -0.395. The van der Waals surface area contributed by atoms with Crippen LogP contribution < -0.4 is 0 Å². The minimum Gasteiger partial charge on any atom is -0.466 e. The second-order valence-electron chi connectivity index (χ2n) is 8.45. The number of esters is 1. The lowest BCUT2D eigenvalue weighted by Gasteiger charge is -2.36. The number of nitro groups is 2. The van der Waals surface area contributed by atoms with Gasteiger partial charge in [-0.25, -0.2) is 4.39 Å². The van der Waals surface area contributed by atoms with Crippen LogP contribution in [0.1, 0.15) is 53.6 Å². The van der Waals surface area contributed by atoms with Crippen LogP contribution in [0.15, 0.2) is 36.4 Å². The lowest BCUT2D eigenvalue weighted by atomic mass is 9.78. The van der Waals surface area contributed by atoms with Crippen LogP contribution in [0.2, 0.25) is 0 Å². The molecule has 0 bridgehead atoms. The van der Waals surface area contributed by atoms with E-state index in [1.165, 1.54) is 24.0 Å². The second kappa shape index (κ2) is 11.0. The van der Waals surface area contributed by atoms with Crippen molar-refractivity contribution in [3.05, 3.63) is 79.1 Å². The highest BCUT2D eigenvalue weighted by Crippen LogP contribution is 2.37. The monoisotopic (exact) mass is 487 g/mol. The number of nitro benzene ring substituents is 2. The standard InChI is InChI=1S/C24H26FN3O7/c1-3-35-23(29)14-20(16-4-6-19(25)7-5-16)17-8-10-26(11-9-17)24(30)18-12-21(27(31)32)15(2)22(13-18)28(33)34/h4-7,12-13,17,20H,3,8-11,14H2,1-2H3. The summed E-state index contributed by atoms with van der Waals surface area (Å²) in [5.41, 5.74) is -0.397. The Morgan fingerprint density at radius 3 is 2.11 bits per heavy atom. The molecule has 3 rings (SSSR count). The summed E-state index contributed by atoms with van der Waals surface area (Å²) in [7, 11) is 0. The van der Waals surface area contributed by atoms with E-state index in [0.29, 0.717) is 25.9 Å². The van der Waals surface area contributed by atoms with Crippen molar-refractivity contribution < 1.29 is 28.6 Å². The molecule has 1 aliphatic heterocycles. The first-order valence-electron chi connectivity index (χ1n) is 11.3. The predicted octanol–water partition coefficient (Wildman–Crippen LogP) is 4.54. The van der Waals surface area contributed by atoms with Crippen LogP contribution in [0.4, 0.5) is 15.8 Å². The summed E-state index contributed by atoms with van der Waals surface area (Å²) in [5.74, 6) is -1.49. The molecule has 1 aliphatic rings. The minimum atomic E-state index is -0.742. The normalized spacial score (nSPS) is 14.9. The molecule has 0 saturated carbocycles. The molecule has 0 N–H and O–H groups in total. The van der Waals surface area contributed by atoms with Crippen LogP contribution in [0.25, 0.3) is 0 Å². The largest absolute Gasteiger partial charge is 0.466 e. The Kier molecular flexibility index (Phi) is 8.10. The van der Waals surface area contributed by atoms with Gasteiger partial charge in [0, 0.05) is 25.2 Å². The molecule has 11 heteroatoms. The van der Waals surface area contributed by atoms with Crippen molar-refractivity contribution in [2.45, 2.75) is 39.0 Å². The average molecular weight is 487 g/mol. The summed E-state index contributed by atoms with van der Waals surface area (Å²) >= 11 is 0. The Morgan fingerprint density at radius 2 is 1.63 bits per heavy atom. The second-order valence-corrected chi connectivity index (χ2v) is 8.45. The molecule has 1 saturated heterocycles. The van der Waals surface area contributed by atoms with E-state index in [4.69, 9.17) is 4.74 Å². The van der Waals surface area contributed by atoms with E-state index in [9.17, 15) is 34.2 Å². The number of carbonyl (C=O) groups is 2. The van der Waals surface area contributed by atoms with Crippen molar-refractivity contribution in [2.24, 2.45) is 5.92 Å². The number of carbonyl (C=O) groups excluding carboxylic acids is 2. The minimum absolute atomic E-state index is 0.00982. The van der Waals surface area contributed by atoms with Crippen molar-refractivity contribution in [1.82, 2.24) is 4.90 Å². The summed E-state index contributed by atoms with van der Waals surface area (Å²) in [6, 6.07) is 8.09. The molecule has 2 aromatic rings. The van der Waals surface area contributed by atoms with Crippen LogP contribution in [-0.4, -0.2) is 46.3 Å². The van der Waals surface area contributed by atoms with Gasteiger partial charge in [0.15, 0.2) is 0 Å². The highest BCUT2D eigenvalue weighted by Gasteiger charge is 2.33. The molecule has 35 heavy (non-hydrogen) atoms. The molecule has 186 valence electrons. The van der Waals surface area contributed by atoms with Crippen molar-refractivity contribution in [3.8, 4) is 0 Å². The topological polar surface area (TPSA) is 133 Å². The average Bonchev–Trinajstić information content (AvgIpc) is 2.83. The Balaban J connectivity index is 1.79. The van der Waals surface area contributed by atoms with Crippen LogP contribution in [0.5, 0.6) is 0 Å². The molecule has 1 unspecified atom stereocenters. The van der Waals surface area contributed by atoms with Gasteiger partial charge in [0.05, 0.1) is 28.4 Å². The highest BCUT2D eigenvalue weighted by atomic mass is 19.1.